The number of amides is 1. The van der Waals surface area contributed by atoms with E-state index in [1.165, 1.54) is 6.92 Å². The zero-order valence-electron chi connectivity index (χ0n) is 8.93. The van der Waals surface area contributed by atoms with Gasteiger partial charge in [-0.2, -0.15) is 11.8 Å². The van der Waals surface area contributed by atoms with Crippen molar-refractivity contribution in [2.24, 2.45) is 0 Å². The fourth-order valence-electron chi connectivity index (χ4n) is 1.14. The molecule has 1 aromatic rings. The lowest BCUT2D eigenvalue weighted by atomic mass is 10.2. The maximum atomic E-state index is 10.6. The van der Waals surface area contributed by atoms with Gasteiger partial charge < -0.3 is 5.32 Å². The molecule has 5 heteroatoms. The monoisotopic (exact) mass is 277 g/mol. The SMILES string of the molecule is CC(=O)NCCSCc1c(Cl)cccc1Cl. The smallest absolute Gasteiger partial charge is 0.216 e. The second-order valence-electron chi connectivity index (χ2n) is 3.24. The molecule has 16 heavy (non-hydrogen) atoms. The predicted octanol–water partition coefficient (Wildman–Crippen LogP) is 3.36. The van der Waals surface area contributed by atoms with Crippen molar-refractivity contribution in [2.45, 2.75) is 12.7 Å². The van der Waals surface area contributed by atoms with Crippen LogP contribution in [0.1, 0.15) is 12.5 Å². The summed E-state index contributed by atoms with van der Waals surface area (Å²) < 4.78 is 0. The Morgan fingerprint density at radius 2 is 2.00 bits per heavy atom. The van der Waals surface area contributed by atoms with Crippen LogP contribution >= 0.6 is 35.0 Å². The average Bonchev–Trinajstić information content (AvgIpc) is 2.21. The summed E-state index contributed by atoms with van der Waals surface area (Å²) in [4.78, 5) is 10.6. The molecule has 0 saturated heterocycles. The molecule has 0 heterocycles. The number of carbonyl (C=O) groups excluding carboxylic acids is 1. The second-order valence-corrected chi connectivity index (χ2v) is 5.16. The van der Waals surface area contributed by atoms with Crippen molar-refractivity contribution < 1.29 is 4.79 Å². The molecule has 0 saturated carbocycles. The van der Waals surface area contributed by atoms with Gasteiger partial charge in [-0.1, -0.05) is 29.3 Å². The zero-order valence-corrected chi connectivity index (χ0v) is 11.3. The van der Waals surface area contributed by atoms with Crippen molar-refractivity contribution in [1.29, 1.82) is 0 Å². The number of nitrogens with one attached hydrogen (secondary N) is 1. The molecule has 2 nitrogen and oxygen atoms in total. The summed E-state index contributed by atoms with van der Waals surface area (Å²) in [5.74, 6) is 1.61. The molecule has 1 aromatic carbocycles. The lowest BCUT2D eigenvalue weighted by Crippen LogP contribution is -2.22. The van der Waals surface area contributed by atoms with E-state index < -0.39 is 0 Å². The minimum Gasteiger partial charge on any atom is -0.356 e. The Morgan fingerprint density at radius 3 is 2.56 bits per heavy atom. The first-order chi connectivity index (χ1) is 7.61. The summed E-state index contributed by atoms with van der Waals surface area (Å²) >= 11 is 13.7. The van der Waals surface area contributed by atoms with Crippen LogP contribution in [0.25, 0.3) is 0 Å². The molecule has 0 unspecified atom stereocenters. The fraction of sp³-hybridized carbons (Fsp3) is 0.364. The first kappa shape index (κ1) is 13.7. The Morgan fingerprint density at radius 1 is 1.38 bits per heavy atom. The normalized spacial score (nSPS) is 10.2. The molecule has 0 aliphatic carbocycles. The molecule has 0 atom stereocenters. The number of rotatable bonds is 5. The molecular formula is C11H13Cl2NOS. The van der Waals surface area contributed by atoms with Crippen molar-refractivity contribution in [1.82, 2.24) is 5.32 Å². The fourth-order valence-corrected chi connectivity index (χ4v) is 2.74. The van der Waals surface area contributed by atoms with Gasteiger partial charge in [0.25, 0.3) is 0 Å². The van der Waals surface area contributed by atoms with Gasteiger partial charge in [-0.05, 0) is 17.7 Å². The Hall–Kier alpha value is -0.380. The Labute approximate surface area is 110 Å². The van der Waals surface area contributed by atoms with Crippen LogP contribution in [-0.2, 0) is 10.5 Å². The van der Waals surface area contributed by atoms with Crippen molar-refractivity contribution >= 4 is 40.9 Å². The highest BCUT2D eigenvalue weighted by Crippen LogP contribution is 2.27. The van der Waals surface area contributed by atoms with Crippen molar-refractivity contribution in [3.05, 3.63) is 33.8 Å². The number of halogens is 2. The highest BCUT2D eigenvalue weighted by Gasteiger charge is 2.04. The van der Waals surface area contributed by atoms with Crippen LogP contribution in [0.3, 0.4) is 0 Å². The van der Waals surface area contributed by atoms with Crippen molar-refractivity contribution in [3.8, 4) is 0 Å². The topological polar surface area (TPSA) is 29.1 Å². The third-order valence-corrected chi connectivity index (χ3v) is 3.62. The molecule has 0 bridgehead atoms. The van der Waals surface area contributed by atoms with E-state index in [-0.39, 0.29) is 5.91 Å². The Kier molecular flexibility index (Phi) is 6.03. The van der Waals surface area contributed by atoms with Gasteiger partial charge in [-0.3, -0.25) is 4.79 Å². The maximum Gasteiger partial charge on any atom is 0.216 e. The summed E-state index contributed by atoms with van der Waals surface area (Å²) in [6, 6.07) is 5.49. The third-order valence-electron chi connectivity index (χ3n) is 1.93. The van der Waals surface area contributed by atoms with Crippen LogP contribution in [0.5, 0.6) is 0 Å². The van der Waals surface area contributed by atoms with Gasteiger partial charge >= 0.3 is 0 Å². The van der Waals surface area contributed by atoms with Crippen LogP contribution in [0, 0.1) is 0 Å². The highest BCUT2D eigenvalue weighted by molar-refractivity contribution is 7.98. The van der Waals surface area contributed by atoms with E-state index in [2.05, 4.69) is 5.32 Å². The number of carbonyl (C=O) groups is 1. The van der Waals surface area contributed by atoms with E-state index in [1.807, 2.05) is 18.2 Å². The highest BCUT2D eigenvalue weighted by atomic mass is 35.5. The number of hydrogen-bond donors (Lipinski definition) is 1. The maximum absolute atomic E-state index is 10.6. The van der Waals surface area contributed by atoms with Gasteiger partial charge in [0.15, 0.2) is 0 Å². The lowest BCUT2D eigenvalue weighted by molar-refractivity contribution is -0.118. The number of benzene rings is 1. The van der Waals surface area contributed by atoms with Crippen LogP contribution in [0.15, 0.2) is 18.2 Å². The second kappa shape index (κ2) is 7.05. The van der Waals surface area contributed by atoms with Crippen LogP contribution in [0.2, 0.25) is 10.0 Å². The van der Waals surface area contributed by atoms with Crippen molar-refractivity contribution in [3.63, 3.8) is 0 Å². The van der Waals surface area contributed by atoms with E-state index in [0.717, 1.165) is 17.1 Å². The molecule has 0 fully saturated rings. The van der Waals surface area contributed by atoms with Gasteiger partial charge in [-0.15, -0.1) is 0 Å². The van der Waals surface area contributed by atoms with E-state index >= 15 is 0 Å². The molecule has 1 N–H and O–H groups in total. The van der Waals surface area contributed by atoms with Gasteiger partial charge in [0.1, 0.15) is 0 Å². The summed E-state index contributed by atoms with van der Waals surface area (Å²) in [5, 5.41) is 4.12. The standard InChI is InChI=1S/C11H13Cl2NOS/c1-8(15)14-5-6-16-7-9-10(12)3-2-4-11(9)13/h2-4H,5-7H2,1H3,(H,14,15). The Balaban J connectivity index is 2.34. The molecule has 1 amide bonds. The quantitative estimate of drug-likeness (QED) is 0.837. The largest absolute Gasteiger partial charge is 0.356 e. The van der Waals surface area contributed by atoms with Crippen LogP contribution in [-0.4, -0.2) is 18.2 Å². The average molecular weight is 278 g/mol. The number of hydrogen-bond acceptors (Lipinski definition) is 2. The van der Waals surface area contributed by atoms with Gasteiger partial charge in [0, 0.05) is 35.0 Å². The molecule has 0 radical (unpaired) electrons. The predicted molar refractivity (Wildman–Crippen MR) is 71.3 cm³/mol. The molecule has 1 rings (SSSR count). The first-order valence-corrected chi connectivity index (χ1v) is 6.77. The molecular weight excluding hydrogens is 265 g/mol. The summed E-state index contributed by atoms with van der Waals surface area (Å²) in [6.45, 7) is 2.18. The summed E-state index contributed by atoms with van der Waals surface area (Å²) in [7, 11) is 0. The molecule has 0 aromatic heterocycles. The molecule has 0 aliphatic heterocycles. The Bertz CT molecular complexity index is 351. The van der Waals surface area contributed by atoms with E-state index in [1.54, 1.807) is 11.8 Å². The van der Waals surface area contributed by atoms with Gasteiger partial charge in [0.2, 0.25) is 5.91 Å². The van der Waals surface area contributed by atoms with Crippen LogP contribution in [0.4, 0.5) is 0 Å². The molecule has 0 spiro atoms. The number of thioether (sulfide) groups is 1. The molecule has 88 valence electrons. The van der Waals surface area contributed by atoms with E-state index in [0.29, 0.717) is 16.6 Å². The minimum atomic E-state index is -0.00336. The van der Waals surface area contributed by atoms with Gasteiger partial charge in [-0.25, -0.2) is 0 Å². The zero-order chi connectivity index (χ0) is 12.0. The van der Waals surface area contributed by atoms with Crippen molar-refractivity contribution in [2.75, 3.05) is 12.3 Å². The lowest BCUT2D eigenvalue weighted by Gasteiger charge is -2.06. The van der Waals surface area contributed by atoms with E-state index in [4.69, 9.17) is 23.2 Å². The van der Waals surface area contributed by atoms with E-state index in [9.17, 15) is 4.79 Å². The third kappa shape index (κ3) is 4.64. The van der Waals surface area contributed by atoms with Crippen LogP contribution < -0.4 is 5.32 Å². The molecule has 0 aliphatic rings. The van der Waals surface area contributed by atoms with Gasteiger partial charge in [0.05, 0.1) is 0 Å². The first-order valence-electron chi connectivity index (χ1n) is 4.86. The summed E-state index contributed by atoms with van der Waals surface area (Å²) in [5.41, 5.74) is 0.957. The summed E-state index contributed by atoms with van der Waals surface area (Å²) in [6.07, 6.45) is 0. The minimum absolute atomic E-state index is 0.00336.